The third-order valence-electron chi connectivity index (χ3n) is 8.48. The number of Topliss-reactive ketones (excluding diaryl/α,β-unsaturated/α-hetero) is 3. The summed E-state index contributed by atoms with van der Waals surface area (Å²) in [4.78, 5) is 45.7. The van der Waals surface area contributed by atoms with Gasteiger partial charge in [0.15, 0.2) is 17.3 Å². The average Bonchev–Trinajstić information content (AvgIpc) is 3.40. The van der Waals surface area contributed by atoms with E-state index < -0.39 is 23.4 Å². The molecule has 0 unspecified atom stereocenters. The van der Waals surface area contributed by atoms with Gasteiger partial charge < -0.3 is 4.90 Å². The van der Waals surface area contributed by atoms with Crippen LogP contribution in [0.15, 0.2) is 109 Å². The Hall–Kier alpha value is -4.57. The summed E-state index contributed by atoms with van der Waals surface area (Å²) in [5.74, 6) is -1.18. The van der Waals surface area contributed by atoms with E-state index >= 15 is 0 Å². The Morgan fingerprint density at radius 2 is 1.34 bits per heavy atom. The Morgan fingerprint density at radius 1 is 0.737 bits per heavy atom. The van der Waals surface area contributed by atoms with Crippen LogP contribution < -0.4 is 4.90 Å². The molecule has 1 aliphatic carbocycles. The molecule has 184 valence electrons. The van der Waals surface area contributed by atoms with E-state index in [1.165, 1.54) is 0 Å². The molecule has 0 radical (unpaired) electrons. The van der Waals surface area contributed by atoms with Crippen molar-refractivity contribution in [2.45, 2.75) is 24.9 Å². The molecule has 1 fully saturated rings. The molecule has 3 aliphatic rings. The van der Waals surface area contributed by atoms with E-state index in [0.717, 1.165) is 22.4 Å². The molecule has 2 aliphatic heterocycles. The predicted octanol–water partition coefficient (Wildman–Crippen LogP) is 6.31. The van der Waals surface area contributed by atoms with Crippen molar-refractivity contribution in [2.24, 2.45) is 5.41 Å². The summed E-state index contributed by atoms with van der Waals surface area (Å²) in [6.45, 7) is 1.99. The molecule has 0 aromatic heterocycles. The van der Waals surface area contributed by atoms with Crippen LogP contribution in [0, 0.1) is 12.3 Å². The fraction of sp³-hybridized carbons (Fsp3) is 0.147. The zero-order valence-electron chi connectivity index (χ0n) is 20.9. The van der Waals surface area contributed by atoms with Gasteiger partial charge in [-0.2, -0.15) is 0 Å². The maximum absolute atomic E-state index is 14.5. The molecular formula is C34H25NO3. The molecule has 0 N–H and O–H groups in total. The van der Waals surface area contributed by atoms with Crippen molar-refractivity contribution in [2.75, 3.05) is 4.90 Å². The van der Waals surface area contributed by atoms with Crippen molar-refractivity contribution in [1.82, 2.24) is 0 Å². The van der Waals surface area contributed by atoms with Crippen LogP contribution in [0.4, 0.5) is 5.69 Å². The van der Waals surface area contributed by atoms with Gasteiger partial charge in [-0.05, 0) is 24.1 Å². The van der Waals surface area contributed by atoms with Crippen molar-refractivity contribution in [3.63, 3.8) is 0 Å². The van der Waals surface area contributed by atoms with E-state index in [-0.39, 0.29) is 17.3 Å². The van der Waals surface area contributed by atoms with Crippen molar-refractivity contribution < 1.29 is 14.4 Å². The average molecular weight is 496 g/mol. The standard InChI is InChI=1S/C34H25NO3/c1-21-15-17-24(18-16-21)31(36)30-29(23-10-3-2-4-11-23)34(32(37)25-12-6-7-13-26(25)33(34)38)28-20-19-22-9-5-8-14-27(22)35(28)30/h2-20,28-30H,1H3/t28-,29+,30-/m0/s1. The van der Waals surface area contributed by atoms with Gasteiger partial charge in [-0.15, -0.1) is 0 Å². The second-order valence-corrected chi connectivity index (χ2v) is 10.4. The summed E-state index contributed by atoms with van der Waals surface area (Å²) in [6.07, 6.45) is 3.95. The maximum Gasteiger partial charge on any atom is 0.185 e. The number of nitrogens with zero attached hydrogens (tertiary/aromatic N) is 1. The number of aryl methyl sites for hydroxylation is 1. The van der Waals surface area contributed by atoms with Crippen LogP contribution in [0.1, 0.15) is 53.7 Å². The number of benzene rings is 4. The van der Waals surface area contributed by atoms with Gasteiger partial charge in [-0.25, -0.2) is 0 Å². The molecule has 3 atom stereocenters. The van der Waals surface area contributed by atoms with E-state index in [0.29, 0.717) is 16.7 Å². The summed E-state index contributed by atoms with van der Waals surface area (Å²) in [7, 11) is 0. The van der Waals surface area contributed by atoms with Crippen LogP contribution in [0.2, 0.25) is 0 Å². The monoisotopic (exact) mass is 495 g/mol. The van der Waals surface area contributed by atoms with Gasteiger partial charge in [0.05, 0.1) is 6.04 Å². The Kier molecular flexibility index (Phi) is 4.89. The number of hydrogen-bond acceptors (Lipinski definition) is 4. The second-order valence-electron chi connectivity index (χ2n) is 10.4. The van der Waals surface area contributed by atoms with Crippen LogP contribution in [-0.2, 0) is 0 Å². The summed E-state index contributed by atoms with van der Waals surface area (Å²) in [5.41, 5.74) is 3.69. The van der Waals surface area contributed by atoms with Gasteiger partial charge in [-0.3, -0.25) is 14.4 Å². The number of carbonyl (C=O) groups is 3. The summed E-state index contributed by atoms with van der Waals surface area (Å²) in [5, 5.41) is 0. The number of ketones is 3. The van der Waals surface area contributed by atoms with Crippen molar-refractivity contribution in [3.8, 4) is 0 Å². The highest BCUT2D eigenvalue weighted by Crippen LogP contribution is 2.60. The first-order valence-corrected chi connectivity index (χ1v) is 12.9. The highest BCUT2D eigenvalue weighted by molar-refractivity contribution is 6.32. The quantitative estimate of drug-likeness (QED) is 0.247. The minimum atomic E-state index is -1.46. The largest absolute Gasteiger partial charge is 0.352 e. The molecule has 7 rings (SSSR count). The lowest BCUT2D eigenvalue weighted by Crippen LogP contribution is -2.48. The Balaban J connectivity index is 1.54. The van der Waals surface area contributed by atoms with Crippen LogP contribution in [-0.4, -0.2) is 29.4 Å². The van der Waals surface area contributed by atoms with E-state index in [4.69, 9.17) is 0 Å². The summed E-state index contributed by atoms with van der Waals surface area (Å²) >= 11 is 0. The van der Waals surface area contributed by atoms with Crippen LogP contribution >= 0.6 is 0 Å². The van der Waals surface area contributed by atoms with Crippen molar-refractivity contribution in [3.05, 3.63) is 143 Å². The smallest absolute Gasteiger partial charge is 0.185 e. The summed E-state index contributed by atoms with van der Waals surface area (Å²) < 4.78 is 0. The number of para-hydroxylation sites is 1. The molecule has 0 saturated carbocycles. The lowest BCUT2D eigenvalue weighted by molar-refractivity contribution is 0.0666. The fourth-order valence-electron chi connectivity index (χ4n) is 6.84. The summed E-state index contributed by atoms with van der Waals surface area (Å²) in [6, 6.07) is 30.8. The molecule has 0 bridgehead atoms. The number of fused-ring (bicyclic) bond motifs is 5. The first kappa shape index (κ1) is 22.6. The third kappa shape index (κ3) is 2.89. The molecule has 1 spiro atoms. The van der Waals surface area contributed by atoms with E-state index in [1.54, 1.807) is 24.3 Å². The molecule has 4 aromatic carbocycles. The van der Waals surface area contributed by atoms with E-state index in [9.17, 15) is 14.4 Å². The third-order valence-corrected chi connectivity index (χ3v) is 8.48. The predicted molar refractivity (Wildman–Crippen MR) is 148 cm³/mol. The lowest BCUT2D eigenvalue weighted by atomic mass is 9.64. The van der Waals surface area contributed by atoms with Crippen LogP contribution in [0.3, 0.4) is 0 Å². The highest BCUT2D eigenvalue weighted by Gasteiger charge is 2.71. The Labute approximate surface area is 221 Å². The van der Waals surface area contributed by atoms with Crippen LogP contribution in [0.25, 0.3) is 6.08 Å². The van der Waals surface area contributed by atoms with Gasteiger partial charge in [-0.1, -0.05) is 115 Å². The molecule has 4 aromatic rings. The molecule has 4 heteroatoms. The van der Waals surface area contributed by atoms with E-state index in [1.807, 2.05) is 97.9 Å². The minimum Gasteiger partial charge on any atom is -0.352 e. The van der Waals surface area contributed by atoms with Gasteiger partial charge in [0, 0.05) is 28.3 Å². The van der Waals surface area contributed by atoms with Crippen LogP contribution in [0.5, 0.6) is 0 Å². The van der Waals surface area contributed by atoms with Gasteiger partial charge in [0.2, 0.25) is 0 Å². The Morgan fingerprint density at radius 3 is 2.03 bits per heavy atom. The van der Waals surface area contributed by atoms with Gasteiger partial charge in [0.25, 0.3) is 0 Å². The first-order chi connectivity index (χ1) is 18.5. The minimum absolute atomic E-state index is 0.0950. The number of anilines is 1. The van der Waals surface area contributed by atoms with E-state index in [2.05, 4.69) is 4.90 Å². The molecule has 2 heterocycles. The molecule has 4 nitrogen and oxygen atoms in total. The fourth-order valence-corrected chi connectivity index (χ4v) is 6.84. The lowest BCUT2D eigenvalue weighted by Gasteiger charge is -2.37. The molecular weight excluding hydrogens is 470 g/mol. The van der Waals surface area contributed by atoms with Gasteiger partial charge >= 0.3 is 0 Å². The zero-order chi connectivity index (χ0) is 26.0. The number of rotatable bonds is 3. The molecule has 0 amide bonds. The Bertz CT molecular complexity index is 1620. The molecule has 1 saturated heterocycles. The SMILES string of the molecule is Cc1ccc(C(=O)[C@@H]2[C@@H](c3ccccc3)C3(C(=O)c4ccccc4C3=O)[C@@H]3C=Cc4ccccc4N23)cc1. The van der Waals surface area contributed by atoms with Crippen molar-refractivity contribution >= 4 is 29.1 Å². The zero-order valence-corrected chi connectivity index (χ0v) is 20.9. The topological polar surface area (TPSA) is 54.5 Å². The number of hydrogen-bond donors (Lipinski definition) is 0. The second kappa shape index (κ2) is 8.22. The molecule has 38 heavy (non-hydrogen) atoms. The van der Waals surface area contributed by atoms with Crippen molar-refractivity contribution in [1.29, 1.82) is 0 Å². The highest BCUT2D eigenvalue weighted by atomic mass is 16.2. The normalized spacial score (nSPS) is 22.3. The number of carbonyl (C=O) groups excluding carboxylic acids is 3. The maximum atomic E-state index is 14.5. The first-order valence-electron chi connectivity index (χ1n) is 12.9. The van der Waals surface area contributed by atoms with Gasteiger partial charge in [0.1, 0.15) is 11.5 Å².